The first-order chi connectivity index (χ1) is 15.6. The molecule has 0 fully saturated rings. The minimum atomic E-state index is -3.75. The summed E-state index contributed by atoms with van der Waals surface area (Å²) in [6, 6.07) is 8.66. The molecule has 2 aromatic carbocycles. The lowest BCUT2D eigenvalue weighted by Gasteiger charge is -2.19. The Morgan fingerprint density at radius 1 is 0.879 bits per heavy atom. The fraction of sp³-hybridized carbons (Fsp3) is 0.292. The van der Waals surface area contributed by atoms with Crippen molar-refractivity contribution in [2.45, 2.75) is 45.9 Å². The smallest absolute Gasteiger partial charge is 0.321 e. The van der Waals surface area contributed by atoms with Crippen molar-refractivity contribution in [2.24, 2.45) is 0 Å². The van der Waals surface area contributed by atoms with Crippen molar-refractivity contribution in [2.75, 3.05) is 11.9 Å². The Morgan fingerprint density at radius 2 is 1.42 bits per heavy atom. The first-order valence-corrected chi connectivity index (χ1v) is 12.0. The average Bonchev–Trinajstić information content (AvgIpc) is 2.78. The van der Waals surface area contributed by atoms with E-state index in [1.807, 2.05) is 34.6 Å². The lowest BCUT2D eigenvalue weighted by molar-refractivity contribution is -0.116. The zero-order chi connectivity index (χ0) is 24.2. The van der Waals surface area contributed by atoms with Crippen LogP contribution in [0.15, 0.2) is 47.6 Å². The number of hydrogen-bond acceptors (Lipinski definition) is 6. The van der Waals surface area contributed by atoms with E-state index in [9.17, 15) is 13.2 Å². The highest BCUT2D eigenvalue weighted by Crippen LogP contribution is 2.29. The summed E-state index contributed by atoms with van der Waals surface area (Å²) < 4.78 is 34.0. The molecule has 8 nitrogen and oxygen atoms in total. The highest BCUT2D eigenvalue weighted by molar-refractivity contribution is 7.89. The molecule has 0 atom stereocenters. The van der Waals surface area contributed by atoms with Crippen LogP contribution in [0.4, 0.5) is 5.69 Å². The van der Waals surface area contributed by atoms with Gasteiger partial charge in [-0.2, -0.15) is 0 Å². The molecule has 3 aromatic rings. The molecule has 0 saturated carbocycles. The number of anilines is 1. The summed E-state index contributed by atoms with van der Waals surface area (Å²) in [6.07, 6.45) is 3.15. The van der Waals surface area contributed by atoms with Crippen LogP contribution in [0, 0.1) is 34.6 Å². The van der Waals surface area contributed by atoms with Crippen molar-refractivity contribution in [3.05, 3.63) is 70.5 Å². The molecule has 1 aromatic heterocycles. The predicted molar refractivity (Wildman–Crippen MR) is 127 cm³/mol. The van der Waals surface area contributed by atoms with Crippen molar-refractivity contribution in [3.8, 4) is 11.8 Å². The molecule has 9 heteroatoms. The second-order valence-corrected chi connectivity index (χ2v) is 9.51. The summed E-state index contributed by atoms with van der Waals surface area (Å²) in [6.45, 7) is 9.46. The maximum atomic E-state index is 12.9. The van der Waals surface area contributed by atoms with E-state index in [1.54, 1.807) is 42.7 Å². The zero-order valence-corrected chi connectivity index (χ0v) is 20.2. The summed E-state index contributed by atoms with van der Waals surface area (Å²) in [5.41, 5.74) is 5.05. The van der Waals surface area contributed by atoms with Gasteiger partial charge in [0.2, 0.25) is 15.9 Å². The fourth-order valence-corrected chi connectivity index (χ4v) is 5.14. The number of nitrogens with one attached hydrogen (secondary N) is 2. The number of sulfonamides is 1. The van der Waals surface area contributed by atoms with Crippen LogP contribution >= 0.6 is 0 Å². The van der Waals surface area contributed by atoms with Crippen LogP contribution in [0.2, 0.25) is 0 Å². The first-order valence-electron chi connectivity index (χ1n) is 10.5. The largest absolute Gasteiger partial charge is 0.424 e. The summed E-state index contributed by atoms with van der Waals surface area (Å²) in [5.74, 6) is 0.226. The predicted octanol–water partition coefficient (Wildman–Crippen LogP) is 4.12. The van der Waals surface area contributed by atoms with Gasteiger partial charge in [-0.25, -0.2) is 23.1 Å². The molecule has 0 aliphatic rings. The number of hydrogen-bond donors (Lipinski definition) is 2. The molecule has 0 aliphatic heterocycles. The van der Waals surface area contributed by atoms with Crippen molar-refractivity contribution >= 4 is 21.6 Å². The number of carbonyl (C=O) groups excluding carboxylic acids is 1. The summed E-state index contributed by atoms with van der Waals surface area (Å²) >= 11 is 0. The van der Waals surface area contributed by atoms with Gasteiger partial charge >= 0.3 is 6.01 Å². The Hall–Kier alpha value is -3.30. The molecule has 0 unspecified atom stereocenters. The maximum absolute atomic E-state index is 12.9. The SMILES string of the molecule is Cc1c(C)c(C)c(S(=O)(=O)NCCC(=O)Nc2ccc(Oc3ncccn3)cc2)c(C)c1C. The Labute approximate surface area is 194 Å². The highest BCUT2D eigenvalue weighted by atomic mass is 32.2. The van der Waals surface area contributed by atoms with Gasteiger partial charge in [-0.1, -0.05) is 0 Å². The Kier molecular flexibility index (Phi) is 7.45. The van der Waals surface area contributed by atoms with Crippen molar-refractivity contribution in [3.63, 3.8) is 0 Å². The van der Waals surface area contributed by atoms with E-state index >= 15 is 0 Å². The topological polar surface area (TPSA) is 110 Å². The van der Waals surface area contributed by atoms with Crippen LogP contribution in [-0.2, 0) is 14.8 Å². The van der Waals surface area contributed by atoms with E-state index in [-0.39, 0.29) is 24.9 Å². The Bertz CT molecular complexity index is 1230. The molecule has 1 heterocycles. The highest BCUT2D eigenvalue weighted by Gasteiger charge is 2.23. The average molecular weight is 469 g/mol. The zero-order valence-electron chi connectivity index (χ0n) is 19.4. The van der Waals surface area contributed by atoms with E-state index in [0.29, 0.717) is 16.3 Å². The molecule has 0 radical (unpaired) electrons. The summed E-state index contributed by atoms with van der Waals surface area (Å²) in [7, 11) is -3.75. The standard InChI is InChI=1S/C24H28N4O4S/c1-15-16(2)18(4)23(19(5)17(15)3)33(30,31)27-14-11-22(29)28-20-7-9-21(10-8-20)32-24-25-12-6-13-26-24/h6-10,12-13,27H,11,14H2,1-5H3,(H,28,29). The lowest BCUT2D eigenvalue weighted by Crippen LogP contribution is -2.29. The van der Waals surface area contributed by atoms with E-state index in [4.69, 9.17) is 4.74 Å². The Balaban J connectivity index is 1.57. The molecular formula is C24H28N4O4S. The molecule has 33 heavy (non-hydrogen) atoms. The van der Waals surface area contributed by atoms with Crippen LogP contribution in [0.25, 0.3) is 0 Å². The number of aromatic nitrogens is 2. The number of nitrogens with zero attached hydrogens (tertiary/aromatic N) is 2. The lowest BCUT2D eigenvalue weighted by atomic mass is 9.95. The quantitative estimate of drug-likeness (QED) is 0.515. The van der Waals surface area contributed by atoms with Gasteiger partial charge in [0.25, 0.3) is 0 Å². The molecule has 0 aliphatic carbocycles. The third-order valence-corrected chi connectivity index (χ3v) is 7.47. The van der Waals surface area contributed by atoms with Crippen LogP contribution in [-0.4, -0.2) is 30.8 Å². The van der Waals surface area contributed by atoms with E-state index < -0.39 is 10.0 Å². The second-order valence-electron chi connectivity index (χ2n) is 7.81. The molecular weight excluding hydrogens is 440 g/mol. The van der Waals surface area contributed by atoms with Gasteiger partial charge in [0.15, 0.2) is 0 Å². The summed E-state index contributed by atoms with van der Waals surface area (Å²) in [5, 5.41) is 2.75. The molecule has 0 saturated heterocycles. The van der Waals surface area contributed by atoms with Gasteiger partial charge in [0, 0.05) is 31.0 Å². The van der Waals surface area contributed by atoms with Crippen LogP contribution in [0.5, 0.6) is 11.8 Å². The third kappa shape index (κ3) is 5.74. The molecule has 2 N–H and O–H groups in total. The third-order valence-electron chi connectivity index (χ3n) is 5.73. The van der Waals surface area contributed by atoms with Crippen molar-refractivity contribution in [1.29, 1.82) is 0 Å². The van der Waals surface area contributed by atoms with Gasteiger partial charge in [-0.15, -0.1) is 0 Å². The monoisotopic (exact) mass is 468 g/mol. The number of rotatable bonds is 8. The summed E-state index contributed by atoms with van der Waals surface area (Å²) in [4.78, 5) is 20.6. The van der Waals surface area contributed by atoms with Crippen LogP contribution < -0.4 is 14.8 Å². The first kappa shape index (κ1) is 24.3. The molecule has 0 bridgehead atoms. The van der Waals surface area contributed by atoms with Gasteiger partial charge < -0.3 is 10.1 Å². The molecule has 0 spiro atoms. The van der Waals surface area contributed by atoms with Crippen LogP contribution in [0.1, 0.15) is 34.2 Å². The Morgan fingerprint density at radius 3 is 2.00 bits per heavy atom. The number of benzene rings is 2. The fourth-order valence-electron chi connectivity index (χ4n) is 3.51. The molecule has 1 amide bonds. The van der Waals surface area contributed by atoms with E-state index in [0.717, 1.165) is 27.8 Å². The maximum Gasteiger partial charge on any atom is 0.321 e. The van der Waals surface area contributed by atoms with Gasteiger partial charge in [-0.05, 0) is 92.8 Å². The minimum absolute atomic E-state index is 0.00272. The van der Waals surface area contributed by atoms with Crippen LogP contribution in [0.3, 0.4) is 0 Å². The normalized spacial score (nSPS) is 11.3. The minimum Gasteiger partial charge on any atom is -0.424 e. The number of amides is 1. The van der Waals surface area contributed by atoms with Crippen molar-refractivity contribution in [1.82, 2.24) is 14.7 Å². The molecule has 174 valence electrons. The second kappa shape index (κ2) is 10.1. The van der Waals surface area contributed by atoms with Crippen molar-refractivity contribution < 1.29 is 17.9 Å². The van der Waals surface area contributed by atoms with Gasteiger partial charge in [0.05, 0.1) is 4.90 Å². The number of carbonyl (C=O) groups is 1. The van der Waals surface area contributed by atoms with Gasteiger partial charge in [-0.3, -0.25) is 4.79 Å². The van der Waals surface area contributed by atoms with Gasteiger partial charge in [0.1, 0.15) is 5.75 Å². The molecule has 3 rings (SSSR count). The number of ether oxygens (including phenoxy) is 1. The van der Waals surface area contributed by atoms with E-state index in [2.05, 4.69) is 20.0 Å². The van der Waals surface area contributed by atoms with E-state index in [1.165, 1.54) is 0 Å².